The Bertz CT molecular complexity index is 3800. The van der Waals surface area contributed by atoms with Crippen molar-refractivity contribution in [2.75, 3.05) is 0 Å². The van der Waals surface area contributed by atoms with Crippen molar-refractivity contribution in [3.05, 3.63) is 174 Å². The topological polar surface area (TPSA) is 28.1 Å². The number of hydrogen-bond donors (Lipinski definition) is 0. The van der Waals surface area contributed by atoms with Crippen molar-refractivity contribution in [2.24, 2.45) is 0 Å². The predicted molar refractivity (Wildman–Crippen MR) is 238 cm³/mol. The minimum Gasteiger partial charge on any atom is -0.238 e. The zero-order valence-corrected chi connectivity index (χ0v) is 30.8. The first-order valence-corrected chi connectivity index (χ1v) is 19.1. The summed E-state index contributed by atoms with van der Waals surface area (Å²) in [5.74, 6) is 0. The van der Waals surface area contributed by atoms with E-state index in [9.17, 15) is 5.26 Å². The van der Waals surface area contributed by atoms with Crippen LogP contribution in [0.1, 0.15) is 16.7 Å². The third-order valence-electron chi connectivity index (χ3n) is 12.6. The lowest BCUT2D eigenvalue weighted by atomic mass is 9.83. The predicted octanol–water partition coefficient (Wildman–Crippen LogP) is 15.3. The van der Waals surface area contributed by atoms with Crippen molar-refractivity contribution >= 4 is 103 Å². The Hall–Kier alpha value is -7.52. The minimum absolute atomic E-state index is 0.624. The fourth-order valence-electron chi connectivity index (χ4n) is 10.2. The molecule has 0 aliphatic heterocycles. The van der Waals surface area contributed by atoms with E-state index in [0.29, 0.717) is 11.3 Å². The molecular formula is C54H30N2. The van der Waals surface area contributed by atoms with E-state index in [-0.39, 0.29) is 0 Å². The lowest BCUT2D eigenvalue weighted by Crippen LogP contribution is -1.93. The molecule has 256 valence electrons. The van der Waals surface area contributed by atoms with E-state index in [1.165, 1.54) is 86.2 Å². The highest BCUT2D eigenvalue weighted by Crippen LogP contribution is 2.55. The maximum Gasteiger partial charge on any atom is 0.187 e. The summed E-state index contributed by atoms with van der Waals surface area (Å²) in [4.78, 5) is 3.94. The average molecular weight is 707 g/mol. The van der Waals surface area contributed by atoms with Gasteiger partial charge in [-0.05, 0) is 187 Å². The van der Waals surface area contributed by atoms with Gasteiger partial charge in [-0.1, -0.05) is 103 Å². The number of benzene rings is 10. The fraction of sp³-hybridized carbons (Fsp3) is 0.0370. The molecule has 0 saturated heterocycles. The van der Waals surface area contributed by atoms with E-state index < -0.39 is 0 Å². The SMILES string of the molecule is [C-]#[N+]c1ccc(C)c(-c2c3cc4c(cc3c(-c3cc(C#N)ccc3C)c3c5cc6ccccc6c6cccc(c23)c65)c2cc3ccccc3c3cccc4c32)c1. The number of rotatable bonds is 2. The molecule has 0 unspecified atom stereocenters. The molecule has 0 aromatic heterocycles. The van der Waals surface area contributed by atoms with Gasteiger partial charge >= 0.3 is 0 Å². The molecule has 0 aliphatic rings. The molecular weight excluding hydrogens is 677 g/mol. The number of nitriles is 1. The molecule has 2 nitrogen and oxygen atoms in total. The third kappa shape index (κ3) is 3.93. The maximum atomic E-state index is 10.3. The minimum atomic E-state index is 0.624. The Morgan fingerprint density at radius 3 is 1.55 bits per heavy atom. The van der Waals surface area contributed by atoms with Crippen LogP contribution in [0.4, 0.5) is 5.69 Å². The average Bonchev–Trinajstić information content (AvgIpc) is 3.73. The van der Waals surface area contributed by atoms with Crippen LogP contribution >= 0.6 is 0 Å². The van der Waals surface area contributed by atoms with Crippen LogP contribution in [-0.4, -0.2) is 0 Å². The maximum absolute atomic E-state index is 10.3. The monoisotopic (exact) mass is 706 g/mol. The molecule has 0 saturated carbocycles. The van der Waals surface area contributed by atoms with Gasteiger partial charge in [-0.15, -0.1) is 0 Å². The Morgan fingerprint density at radius 2 is 0.911 bits per heavy atom. The third-order valence-corrected chi connectivity index (χ3v) is 12.6. The van der Waals surface area contributed by atoms with E-state index in [0.717, 1.165) is 44.2 Å². The standard InChI is InChI=1S/C54H30N2/c1-29-18-20-31(28-55)22-41(29)51-47-27-44-43(39-16-8-14-37-35-12-6-4-10-32(35)23-45(44)49(37)39)26-46(47)52(42-25-34(56-3)21-19-30(42)2)53-40-17-9-15-38-36-13-7-5-11-33(36)24-48(50(38)40)54(51)53/h4-27H,1-2H3. The lowest BCUT2D eigenvalue weighted by Gasteiger charge is -2.20. The number of hydrogen-bond acceptors (Lipinski definition) is 1. The summed E-state index contributed by atoms with van der Waals surface area (Å²) in [7, 11) is 0. The molecule has 0 amide bonds. The van der Waals surface area contributed by atoms with Crippen molar-refractivity contribution in [1.82, 2.24) is 0 Å². The second kappa shape index (κ2) is 11.0. The molecule has 0 radical (unpaired) electrons. The van der Waals surface area contributed by atoms with Gasteiger partial charge in [-0.25, -0.2) is 4.85 Å². The van der Waals surface area contributed by atoms with Crippen molar-refractivity contribution in [2.45, 2.75) is 13.8 Å². The van der Waals surface area contributed by atoms with Crippen LogP contribution in [0.2, 0.25) is 0 Å². The summed E-state index contributed by atoms with van der Waals surface area (Å²) < 4.78 is 0. The molecule has 56 heavy (non-hydrogen) atoms. The number of aryl methyl sites for hydroxylation is 2. The van der Waals surface area contributed by atoms with Crippen LogP contribution in [-0.2, 0) is 0 Å². The number of fused-ring (bicyclic) bond motifs is 11. The highest BCUT2D eigenvalue weighted by molar-refractivity contribution is 6.44. The Labute approximate surface area is 322 Å². The zero-order valence-electron chi connectivity index (χ0n) is 30.8. The molecule has 12 aromatic carbocycles. The van der Waals surface area contributed by atoms with Crippen molar-refractivity contribution in [3.8, 4) is 28.3 Å². The van der Waals surface area contributed by atoms with Crippen LogP contribution in [0.15, 0.2) is 146 Å². The Balaban J connectivity index is 1.43. The Kier molecular flexibility index (Phi) is 6.08. The summed E-state index contributed by atoms with van der Waals surface area (Å²) in [5, 5.41) is 32.3. The van der Waals surface area contributed by atoms with Crippen LogP contribution in [0.3, 0.4) is 0 Å². The Morgan fingerprint density at radius 1 is 0.411 bits per heavy atom. The van der Waals surface area contributed by atoms with Crippen LogP contribution in [0.25, 0.3) is 124 Å². The molecule has 0 atom stereocenters. The summed E-state index contributed by atoms with van der Waals surface area (Å²) in [6.45, 7) is 12.4. The van der Waals surface area contributed by atoms with Gasteiger partial charge in [0.1, 0.15) is 0 Å². The summed E-state index contributed by atoms with van der Waals surface area (Å²) in [6.07, 6.45) is 0. The fourth-order valence-corrected chi connectivity index (χ4v) is 10.2. The largest absolute Gasteiger partial charge is 0.238 e. The van der Waals surface area contributed by atoms with E-state index >= 15 is 0 Å². The van der Waals surface area contributed by atoms with E-state index in [1.807, 2.05) is 12.1 Å². The van der Waals surface area contributed by atoms with E-state index in [1.54, 1.807) is 0 Å². The zero-order chi connectivity index (χ0) is 37.4. The van der Waals surface area contributed by atoms with Crippen LogP contribution in [0.5, 0.6) is 0 Å². The first-order chi connectivity index (χ1) is 27.5. The highest BCUT2D eigenvalue weighted by atomic mass is 14.6. The smallest absolute Gasteiger partial charge is 0.187 e. The summed E-state index contributed by atoms with van der Waals surface area (Å²) in [5.41, 5.74) is 7.95. The molecule has 12 aromatic rings. The van der Waals surface area contributed by atoms with Crippen molar-refractivity contribution in [3.63, 3.8) is 0 Å². The summed E-state index contributed by atoms with van der Waals surface area (Å²) in [6, 6.07) is 55.2. The van der Waals surface area contributed by atoms with E-state index in [2.05, 4.69) is 158 Å². The van der Waals surface area contributed by atoms with Gasteiger partial charge in [0.2, 0.25) is 0 Å². The van der Waals surface area contributed by atoms with Gasteiger partial charge in [0, 0.05) is 0 Å². The molecule has 0 bridgehead atoms. The second-order valence-electron chi connectivity index (χ2n) is 15.4. The van der Waals surface area contributed by atoms with Crippen LogP contribution < -0.4 is 0 Å². The van der Waals surface area contributed by atoms with Crippen LogP contribution in [0, 0.1) is 31.8 Å². The van der Waals surface area contributed by atoms with Gasteiger partial charge in [-0.2, -0.15) is 5.26 Å². The first kappa shape index (κ1) is 30.9. The molecule has 2 heteroatoms. The first-order valence-electron chi connectivity index (χ1n) is 19.1. The lowest BCUT2D eigenvalue weighted by molar-refractivity contribution is 1.43. The van der Waals surface area contributed by atoms with Gasteiger partial charge < -0.3 is 0 Å². The van der Waals surface area contributed by atoms with Gasteiger partial charge in [0.25, 0.3) is 0 Å². The van der Waals surface area contributed by atoms with Gasteiger partial charge in [0.15, 0.2) is 5.69 Å². The highest BCUT2D eigenvalue weighted by Gasteiger charge is 2.27. The molecule has 0 N–H and O–H groups in total. The molecule has 0 heterocycles. The van der Waals surface area contributed by atoms with Gasteiger partial charge in [0.05, 0.1) is 18.2 Å². The molecule has 12 rings (SSSR count). The summed E-state index contributed by atoms with van der Waals surface area (Å²) >= 11 is 0. The second-order valence-corrected chi connectivity index (χ2v) is 15.4. The van der Waals surface area contributed by atoms with E-state index in [4.69, 9.17) is 6.57 Å². The molecule has 0 aliphatic carbocycles. The molecule has 0 fully saturated rings. The van der Waals surface area contributed by atoms with Crippen molar-refractivity contribution < 1.29 is 0 Å². The number of nitrogens with zero attached hydrogens (tertiary/aromatic N) is 2. The van der Waals surface area contributed by atoms with Crippen molar-refractivity contribution in [1.29, 1.82) is 5.26 Å². The van der Waals surface area contributed by atoms with Gasteiger partial charge in [-0.3, -0.25) is 0 Å². The quantitative estimate of drug-likeness (QED) is 0.130. The normalized spacial score (nSPS) is 12.1. The molecule has 0 spiro atoms.